The van der Waals surface area contributed by atoms with E-state index < -0.39 is 0 Å². The van der Waals surface area contributed by atoms with E-state index in [1.165, 1.54) is 11.3 Å². The van der Waals surface area contributed by atoms with Gasteiger partial charge in [0.1, 0.15) is 6.61 Å². The fourth-order valence-electron chi connectivity index (χ4n) is 3.09. The molecule has 2 heterocycles. The van der Waals surface area contributed by atoms with Gasteiger partial charge in [-0.15, -0.1) is 11.3 Å². The molecular formula is C22H20N2O4S. The lowest BCUT2D eigenvalue weighted by Crippen LogP contribution is -2.41. The number of thiophene rings is 1. The van der Waals surface area contributed by atoms with Gasteiger partial charge in [-0.05, 0) is 41.8 Å². The first-order valence-corrected chi connectivity index (χ1v) is 10.1. The minimum atomic E-state index is -0.249. The average molecular weight is 408 g/mol. The molecule has 1 N–H and O–H groups in total. The number of nitrogens with one attached hydrogen (secondary N) is 1. The average Bonchev–Trinajstić information content (AvgIpc) is 3.28. The van der Waals surface area contributed by atoms with E-state index in [0.717, 1.165) is 0 Å². The van der Waals surface area contributed by atoms with E-state index in [0.29, 0.717) is 40.8 Å². The molecule has 0 saturated heterocycles. The minimum absolute atomic E-state index is 0.153. The molecule has 7 heteroatoms. The van der Waals surface area contributed by atoms with Crippen molar-refractivity contribution in [2.45, 2.75) is 6.10 Å². The Balaban J connectivity index is 1.39. The monoisotopic (exact) mass is 408 g/mol. The number of nitrogens with zero attached hydrogens (tertiary/aromatic N) is 1. The number of carbonyl (C=O) groups excluding carboxylic acids is 2. The number of hydrogen-bond acceptors (Lipinski definition) is 5. The van der Waals surface area contributed by atoms with Crippen LogP contribution in [0.1, 0.15) is 20.0 Å². The molecule has 4 rings (SSSR count). The minimum Gasteiger partial charge on any atom is -0.486 e. The molecule has 2 amide bonds. The molecule has 1 atom stereocenters. The van der Waals surface area contributed by atoms with Gasteiger partial charge in [0.25, 0.3) is 11.8 Å². The van der Waals surface area contributed by atoms with E-state index in [9.17, 15) is 9.59 Å². The number of rotatable bonds is 5. The van der Waals surface area contributed by atoms with Crippen molar-refractivity contribution in [3.8, 4) is 11.5 Å². The van der Waals surface area contributed by atoms with Gasteiger partial charge < -0.3 is 19.7 Å². The van der Waals surface area contributed by atoms with Gasteiger partial charge in [-0.1, -0.05) is 24.3 Å². The number of hydrogen-bond donors (Lipinski definition) is 1. The molecule has 6 nitrogen and oxygen atoms in total. The van der Waals surface area contributed by atoms with Crippen molar-refractivity contribution in [1.82, 2.24) is 4.90 Å². The Morgan fingerprint density at radius 2 is 1.93 bits per heavy atom. The summed E-state index contributed by atoms with van der Waals surface area (Å²) in [5, 5.41) is 4.67. The van der Waals surface area contributed by atoms with Crippen molar-refractivity contribution in [1.29, 1.82) is 0 Å². The zero-order valence-electron chi connectivity index (χ0n) is 15.8. The van der Waals surface area contributed by atoms with Crippen LogP contribution < -0.4 is 14.8 Å². The second-order valence-corrected chi connectivity index (χ2v) is 7.64. The Bertz CT molecular complexity index is 1020. The fourth-order valence-corrected chi connectivity index (χ4v) is 3.71. The molecule has 0 saturated carbocycles. The van der Waals surface area contributed by atoms with Gasteiger partial charge in [-0.2, -0.15) is 0 Å². The molecule has 1 aromatic heterocycles. The lowest BCUT2D eigenvalue weighted by atomic mass is 10.1. The Labute approximate surface area is 172 Å². The first kappa shape index (κ1) is 19.0. The predicted octanol–water partition coefficient (Wildman–Crippen LogP) is 3.91. The molecular weight excluding hydrogens is 388 g/mol. The number of anilines is 1. The number of likely N-dealkylation sites (N-methyl/N-ethyl adjacent to an activating group) is 1. The Hall–Kier alpha value is -3.32. The van der Waals surface area contributed by atoms with Gasteiger partial charge in [0.05, 0.1) is 11.4 Å². The molecule has 0 spiro atoms. The lowest BCUT2D eigenvalue weighted by Gasteiger charge is -2.29. The highest BCUT2D eigenvalue weighted by molar-refractivity contribution is 7.12. The summed E-state index contributed by atoms with van der Waals surface area (Å²) in [7, 11) is 1.73. The summed E-state index contributed by atoms with van der Waals surface area (Å²) in [4.78, 5) is 27.3. The highest BCUT2D eigenvalue weighted by Gasteiger charge is 2.24. The largest absolute Gasteiger partial charge is 0.486 e. The van der Waals surface area contributed by atoms with E-state index in [-0.39, 0.29) is 17.9 Å². The third kappa shape index (κ3) is 4.41. The maximum atomic E-state index is 12.8. The molecule has 1 unspecified atom stereocenters. The van der Waals surface area contributed by atoms with Crippen molar-refractivity contribution < 1.29 is 19.1 Å². The molecule has 29 heavy (non-hydrogen) atoms. The standard InChI is InChI=1S/C22H20N2O4S/c1-24(13-17-14-27-18-8-2-3-9-19(18)28-17)22(26)15-6-4-7-16(12-15)23-21(25)20-10-5-11-29-20/h2-12,17H,13-14H2,1H3,(H,23,25). The van der Waals surface area contributed by atoms with Crippen molar-refractivity contribution >= 4 is 28.8 Å². The predicted molar refractivity (Wildman–Crippen MR) is 112 cm³/mol. The SMILES string of the molecule is CN(CC1COc2ccccc2O1)C(=O)c1cccc(NC(=O)c2cccs2)c1. The topological polar surface area (TPSA) is 67.9 Å². The molecule has 0 fully saturated rings. The van der Waals surface area contributed by atoms with Crippen LogP contribution in [0.5, 0.6) is 11.5 Å². The number of fused-ring (bicyclic) bond motifs is 1. The first-order chi connectivity index (χ1) is 14.1. The van der Waals surface area contributed by atoms with Crippen LogP contribution in [0.15, 0.2) is 66.0 Å². The van der Waals surface area contributed by atoms with Crippen LogP contribution in [0.4, 0.5) is 5.69 Å². The fraction of sp³-hybridized carbons (Fsp3) is 0.182. The van der Waals surface area contributed by atoms with Crippen molar-refractivity contribution in [3.05, 3.63) is 76.5 Å². The van der Waals surface area contributed by atoms with E-state index in [4.69, 9.17) is 9.47 Å². The summed E-state index contributed by atoms with van der Waals surface area (Å²) >= 11 is 1.37. The maximum Gasteiger partial charge on any atom is 0.265 e. The molecule has 1 aliphatic heterocycles. The van der Waals surface area contributed by atoms with Gasteiger partial charge in [-0.25, -0.2) is 0 Å². The third-order valence-electron chi connectivity index (χ3n) is 4.50. The van der Waals surface area contributed by atoms with Gasteiger partial charge in [0.15, 0.2) is 17.6 Å². The number of ether oxygens (including phenoxy) is 2. The van der Waals surface area contributed by atoms with Gasteiger partial charge in [0.2, 0.25) is 0 Å². The van der Waals surface area contributed by atoms with Gasteiger partial charge >= 0.3 is 0 Å². The summed E-state index contributed by atoms with van der Waals surface area (Å²) in [5.74, 6) is 1.05. The Morgan fingerprint density at radius 1 is 1.10 bits per heavy atom. The Morgan fingerprint density at radius 3 is 2.72 bits per heavy atom. The van der Waals surface area contributed by atoms with Crippen LogP contribution in [-0.4, -0.2) is 43.0 Å². The number of benzene rings is 2. The van der Waals surface area contributed by atoms with Crippen LogP contribution in [0.25, 0.3) is 0 Å². The number of para-hydroxylation sites is 2. The molecule has 1 aliphatic rings. The zero-order valence-corrected chi connectivity index (χ0v) is 16.6. The highest BCUT2D eigenvalue weighted by Crippen LogP contribution is 2.31. The van der Waals surface area contributed by atoms with Crippen LogP contribution in [0.2, 0.25) is 0 Å². The van der Waals surface area contributed by atoms with Crippen LogP contribution in [-0.2, 0) is 0 Å². The third-order valence-corrected chi connectivity index (χ3v) is 5.37. The summed E-state index contributed by atoms with van der Waals surface area (Å²) in [6, 6.07) is 18.0. The smallest absolute Gasteiger partial charge is 0.265 e. The Kier molecular flexibility index (Phi) is 5.48. The molecule has 148 valence electrons. The van der Waals surface area contributed by atoms with Gasteiger partial charge in [0, 0.05) is 18.3 Å². The van der Waals surface area contributed by atoms with Crippen LogP contribution in [0, 0.1) is 0 Å². The molecule has 0 aliphatic carbocycles. The number of carbonyl (C=O) groups is 2. The second-order valence-electron chi connectivity index (χ2n) is 6.70. The van der Waals surface area contributed by atoms with Crippen molar-refractivity contribution in [3.63, 3.8) is 0 Å². The first-order valence-electron chi connectivity index (χ1n) is 9.19. The second kappa shape index (κ2) is 8.36. The quantitative estimate of drug-likeness (QED) is 0.695. The molecule has 0 radical (unpaired) electrons. The summed E-state index contributed by atoms with van der Waals surface area (Å²) in [6.45, 7) is 0.768. The van der Waals surface area contributed by atoms with E-state index in [2.05, 4.69) is 5.32 Å². The van der Waals surface area contributed by atoms with Crippen LogP contribution >= 0.6 is 11.3 Å². The number of amides is 2. The molecule has 2 aromatic carbocycles. The molecule has 3 aromatic rings. The van der Waals surface area contributed by atoms with E-state index >= 15 is 0 Å². The van der Waals surface area contributed by atoms with E-state index in [1.807, 2.05) is 35.7 Å². The normalized spacial score (nSPS) is 14.9. The lowest BCUT2D eigenvalue weighted by molar-refractivity contribution is 0.0521. The summed E-state index contributed by atoms with van der Waals surface area (Å²) in [5.41, 5.74) is 1.07. The zero-order chi connectivity index (χ0) is 20.2. The molecule has 0 bridgehead atoms. The highest BCUT2D eigenvalue weighted by atomic mass is 32.1. The van der Waals surface area contributed by atoms with E-state index in [1.54, 1.807) is 42.3 Å². The van der Waals surface area contributed by atoms with Crippen molar-refractivity contribution in [2.24, 2.45) is 0 Å². The maximum absolute atomic E-state index is 12.8. The van der Waals surface area contributed by atoms with Crippen molar-refractivity contribution in [2.75, 3.05) is 25.5 Å². The van der Waals surface area contributed by atoms with Crippen LogP contribution in [0.3, 0.4) is 0 Å². The van der Waals surface area contributed by atoms with Gasteiger partial charge in [-0.3, -0.25) is 9.59 Å². The summed E-state index contributed by atoms with van der Waals surface area (Å²) < 4.78 is 11.6. The summed E-state index contributed by atoms with van der Waals surface area (Å²) in [6.07, 6.45) is -0.249.